The van der Waals surface area contributed by atoms with Crippen molar-refractivity contribution in [2.45, 2.75) is 6.92 Å². The second kappa shape index (κ2) is 6.48. The van der Waals surface area contributed by atoms with Crippen LogP contribution in [0, 0.1) is 17.1 Å². The van der Waals surface area contributed by atoms with E-state index in [1.54, 1.807) is 24.3 Å². The minimum atomic E-state index is -0.582. The lowest BCUT2D eigenvalue weighted by atomic mass is 10.2. The van der Waals surface area contributed by atoms with Crippen molar-refractivity contribution >= 4 is 17.4 Å². The number of nitriles is 1. The van der Waals surface area contributed by atoms with Crippen LogP contribution in [0.15, 0.2) is 36.5 Å². The van der Waals surface area contributed by atoms with Crippen molar-refractivity contribution in [3.05, 3.63) is 53.5 Å². The average Bonchev–Trinajstić information content (AvgIpc) is 2.50. The number of nitrogens with zero attached hydrogens (tertiary/aromatic N) is 2. The predicted octanol–water partition coefficient (Wildman–Crippen LogP) is 2.78. The SMILES string of the molecule is CCNc1ncc(F)cc1C(=O)Nc1ccc(C#N)cc1. The number of hydrogen-bond acceptors (Lipinski definition) is 4. The van der Waals surface area contributed by atoms with Gasteiger partial charge in [-0.25, -0.2) is 9.37 Å². The lowest BCUT2D eigenvalue weighted by Crippen LogP contribution is -2.16. The molecule has 6 heteroatoms. The van der Waals surface area contributed by atoms with Gasteiger partial charge in [-0.05, 0) is 37.3 Å². The summed E-state index contributed by atoms with van der Waals surface area (Å²) in [6, 6.07) is 9.51. The van der Waals surface area contributed by atoms with Gasteiger partial charge in [0.05, 0.1) is 23.4 Å². The maximum atomic E-state index is 13.3. The first kappa shape index (κ1) is 14.5. The number of carbonyl (C=O) groups is 1. The van der Waals surface area contributed by atoms with Gasteiger partial charge in [0.1, 0.15) is 11.6 Å². The molecule has 2 aromatic rings. The number of halogens is 1. The van der Waals surface area contributed by atoms with Gasteiger partial charge in [0, 0.05) is 12.2 Å². The number of benzene rings is 1. The minimum Gasteiger partial charge on any atom is -0.370 e. The van der Waals surface area contributed by atoms with Crippen molar-refractivity contribution in [2.75, 3.05) is 17.2 Å². The van der Waals surface area contributed by atoms with Crippen molar-refractivity contribution < 1.29 is 9.18 Å². The monoisotopic (exact) mass is 284 g/mol. The van der Waals surface area contributed by atoms with Crippen LogP contribution in [0.3, 0.4) is 0 Å². The lowest BCUT2D eigenvalue weighted by molar-refractivity contribution is 0.102. The number of rotatable bonds is 4. The van der Waals surface area contributed by atoms with E-state index >= 15 is 0 Å². The molecule has 1 heterocycles. The van der Waals surface area contributed by atoms with E-state index in [1.807, 2.05) is 13.0 Å². The van der Waals surface area contributed by atoms with Crippen LogP contribution in [-0.4, -0.2) is 17.4 Å². The van der Waals surface area contributed by atoms with E-state index in [9.17, 15) is 9.18 Å². The van der Waals surface area contributed by atoms with Crippen molar-refractivity contribution in [1.82, 2.24) is 4.98 Å². The lowest BCUT2D eigenvalue weighted by Gasteiger charge is -2.10. The summed E-state index contributed by atoms with van der Waals surface area (Å²) in [6.07, 6.45) is 1.05. The minimum absolute atomic E-state index is 0.126. The topological polar surface area (TPSA) is 77.8 Å². The highest BCUT2D eigenvalue weighted by Crippen LogP contribution is 2.16. The quantitative estimate of drug-likeness (QED) is 0.905. The first-order chi connectivity index (χ1) is 10.1. The molecule has 5 nitrogen and oxygen atoms in total. The number of nitrogens with one attached hydrogen (secondary N) is 2. The van der Waals surface area contributed by atoms with Crippen LogP contribution in [0.2, 0.25) is 0 Å². The number of anilines is 2. The normalized spacial score (nSPS) is 9.76. The predicted molar refractivity (Wildman–Crippen MR) is 77.5 cm³/mol. The van der Waals surface area contributed by atoms with Crippen LogP contribution in [0.4, 0.5) is 15.9 Å². The molecule has 1 aromatic heterocycles. The van der Waals surface area contributed by atoms with E-state index in [2.05, 4.69) is 15.6 Å². The molecule has 0 spiro atoms. The number of amides is 1. The Morgan fingerprint density at radius 3 is 2.71 bits per heavy atom. The fraction of sp³-hybridized carbons (Fsp3) is 0.133. The molecule has 1 amide bonds. The first-order valence-electron chi connectivity index (χ1n) is 6.35. The fourth-order valence-corrected chi connectivity index (χ4v) is 1.75. The molecule has 0 saturated carbocycles. The van der Waals surface area contributed by atoms with Gasteiger partial charge in [-0.2, -0.15) is 5.26 Å². The molecule has 0 saturated heterocycles. The Hall–Kier alpha value is -2.94. The molecule has 0 unspecified atom stereocenters. The Kier molecular flexibility index (Phi) is 4.46. The van der Waals surface area contributed by atoms with Crippen LogP contribution in [0.5, 0.6) is 0 Å². The van der Waals surface area contributed by atoms with Gasteiger partial charge >= 0.3 is 0 Å². The zero-order chi connectivity index (χ0) is 15.2. The van der Waals surface area contributed by atoms with Gasteiger partial charge in [0.25, 0.3) is 5.91 Å². The van der Waals surface area contributed by atoms with E-state index in [4.69, 9.17) is 5.26 Å². The van der Waals surface area contributed by atoms with E-state index in [1.165, 1.54) is 0 Å². The molecule has 0 bridgehead atoms. The molecule has 21 heavy (non-hydrogen) atoms. The Bertz CT molecular complexity index is 692. The second-order valence-electron chi connectivity index (χ2n) is 4.22. The van der Waals surface area contributed by atoms with E-state index in [0.717, 1.165) is 12.3 Å². The first-order valence-corrected chi connectivity index (χ1v) is 6.35. The Balaban J connectivity index is 2.23. The summed E-state index contributed by atoms with van der Waals surface area (Å²) in [5.41, 5.74) is 1.14. The number of pyridine rings is 1. The van der Waals surface area contributed by atoms with Crippen LogP contribution < -0.4 is 10.6 Å². The van der Waals surface area contributed by atoms with Gasteiger partial charge in [-0.3, -0.25) is 4.79 Å². The molecule has 0 atom stereocenters. The zero-order valence-corrected chi connectivity index (χ0v) is 11.4. The maximum Gasteiger partial charge on any atom is 0.259 e. The zero-order valence-electron chi connectivity index (χ0n) is 11.4. The average molecular weight is 284 g/mol. The van der Waals surface area contributed by atoms with Crippen LogP contribution in [0.25, 0.3) is 0 Å². The molecule has 0 aliphatic carbocycles. The number of aromatic nitrogens is 1. The third-order valence-corrected chi connectivity index (χ3v) is 2.72. The second-order valence-corrected chi connectivity index (χ2v) is 4.22. The smallest absolute Gasteiger partial charge is 0.259 e. The summed E-state index contributed by atoms with van der Waals surface area (Å²) in [6.45, 7) is 2.42. The molecule has 0 aliphatic heterocycles. The largest absolute Gasteiger partial charge is 0.370 e. The van der Waals surface area contributed by atoms with Gasteiger partial charge < -0.3 is 10.6 Å². The highest BCUT2D eigenvalue weighted by molar-refractivity contribution is 6.07. The molecule has 1 aromatic carbocycles. The van der Waals surface area contributed by atoms with Crippen molar-refractivity contribution in [2.24, 2.45) is 0 Å². The third kappa shape index (κ3) is 3.54. The summed E-state index contributed by atoms with van der Waals surface area (Å²) in [5.74, 6) is -0.727. The van der Waals surface area contributed by atoms with Crippen LogP contribution in [0.1, 0.15) is 22.8 Å². The standard InChI is InChI=1S/C15H13FN4O/c1-2-18-14-13(7-11(16)9-19-14)15(21)20-12-5-3-10(8-17)4-6-12/h3-7,9H,2H2,1H3,(H,18,19)(H,20,21). The van der Waals surface area contributed by atoms with Crippen LogP contribution >= 0.6 is 0 Å². The van der Waals surface area contributed by atoms with E-state index in [0.29, 0.717) is 23.6 Å². The van der Waals surface area contributed by atoms with E-state index < -0.39 is 11.7 Å². The molecule has 0 radical (unpaired) electrons. The molecule has 2 N–H and O–H groups in total. The molecule has 2 rings (SSSR count). The Morgan fingerprint density at radius 1 is 1.38 bits per heavy atom. The summed E-state index contributed by atoms with van der Waals surface area (Å²) < 4.78 is 13.3. The fourth-order valence-electron chi connectivity index (χ4n) is 1.75. The third-order valence-electron chi connectivity index (χ3n) is 2.72. The Morgan fingerprint density at radius 2 is 2.10 bits per heavy atom. The van der Waals surface area contributed by atoms with Crippen molar-refractivity contribution in [3.63, 3.8) is 0 Å². The highest BCUT2D eigenvalue weighted by atomic mass is 19.1. The van der Waals surface area contributed by atoms with Crippen LogP contribution in [-0.2, 0) is 0 Å². The van der Waals surface area contributed by atoms with Gasteiger partial charge in [-0.15, -0.1) is 0 Å². The molecule has 0 fully saturated rings. The number of hydrogen-bond donors (Lipinski definition) is 2. The summed E-state index contributed by atoms with van der Waals surface area (Å²) in [4.78, 5) is 16.1. The molecular formula is C15H13FN4O. The van der Waals surface area contributed by atoms with Gasteiger partial charge in [-0.1, -0.05) is 0 Å². The van der Waals surface area contributed by atoms with Crippen molar-refractivity contribution in [1.29, 1.82) is 5.26 Å². The molecule has 0 aliphatic rings. The van der Waals surface area contributed by atoms with Crippen molar-refractivity contribution in [3.8, 4) is 6.07 Å². The summed E-state index contributed by atoms with van der Waals surface area (Å²) in [7, 11) is 0. The molecular weight excluding hydrogens is 271 g/mol. The summed E-state index contributed by atoms with van der Waals surface area (Å²) in [5, 5.41) is 14.3. The maximum absolute atomic E-state index is 13.3. The van der Waals surface area contributed by atoms with Gasteiger partial charge in [0.2, 0.25) is 0 Å². The number of carbonyl (C=O) groups excluding carboxylic acids is 1. The van der Waals surface area contributed by atoms with E-state index in [-0.39, 0.29) is 5.56 Å². The highest BCUT2D eigenvalue weighted by Gasteiger charge is 2.14. The Labute approximate surface area is 121 Å². The molecule has 106 valence electrons. The van der Waals surface area contributed by atoms with Gasteiger partial charge in [0.15, 0.2) is 0 Å². The summed E-state index contributed by atoms with van der Waals surface area (Å²) >= 11 is 0.